The second-order valence-corrected chi connectivity index (χ2v) is 4.06. The minimum atomic E-state index is 0.601. The van der Waals surface area contributed by atoms with Gasteiger partial charge in [0.1, 0.15) is 0 Å². The van der Waals surface area contributed by atoms with Crippen molar-refractivity contribution < 1.29 is 0 Å². The van der Waals surface area contributed by atoms with Crippen LogP contribution in [-0.2, 0) is 0 Å². The molecular weight excluding hydrogens is 160 g/mol. The zero-order chi connectivity index (χ0) is 10.3. The van der Waals surface area contributed by atoms with E-state index in [9.17, 15) is 0 Å². The Morgan fingerprint density at radius 1 is 1.15 bits per heavy atom. The summed E-state index contributed by atoms with van der Waals surface area (Å²) in [6, 6.07) is 0.601. The Bertz CT molecular complexity index is 103. The van der Waals surface area contributed by atoms with Crippen molar-refractivity contribution in [2.24, 2.45) is 5.92 Å². The Kier molecular flexibility index (Phi) is 7.29. The summed E-state index contributed by atoms with van der Waals surface area (Å²) in [5.74, 6) is 0.823. The lowest BCUT2D eigenvalue weighted by molar-refractivity contribution is 0.227. The molecule has 0 bridgehead atoms. The first kappa shape index (κ1) is 12.9. The second kappa shape index (κ2) is 7.34. The zero-order valence-electron chi connectivity index (χ0n) is 9.93. The Balaban J connectivity index is 3.74. The van der Waals surface area contributed by atoms with Crippen LogP contribution in [0.2, 0.25) is 0 Å². The van der Waals surface area contributed by atoms with Crippen LogP contribution >= 0.6 is 0 Å². The van der Waals surface area contributed by atoms with Gasteiger partial charge in [-0.05, 0) is 26.4 Å². The maximum absolute atomic E-state index is 3.28. The highest BCUT2D eigenvalue weighted by Gasteiger charge is 2.09. The summed E-state index contributed by atoms with van der Waals surface area (Å²) in [6.07, 6.45) is 1.28. The molecule has 1 N–H and O–H groups in total. The maximum atomic E-state index is 3.28. The molecule has 0 rings (SSSR count). The van der Waals surface area contributed by atoms with Gasteiger partial charge in [-0.1, -0.05) is 27.2 Å². The fraction of sp³-hybridized carbons (Fsp3) is 1.00. The molecule has 0 fully saturated rings. The van der Waals surface area contributed by atoms with E-state index in [0.717, 1.165) is 19.0 Å². The molecule has 0 amide bonds. The van der Waals surface area contributed by atoms with Crippen molar-refractivity contribution in [1.82, 2.24) is 10.2 Å². The minimum absolute atomic E-state index is 0.601. The number of nitrogens with one attached hydrogen (secondary N) is 1. The van der Waals surface area contributed by atoms with Gasteiger partial charge in [-0.25, -0.2) is 0 Å². The Labute approximate surface area is 83.7 Å². The van der Waals surface area contributed by atoms with Crippen LogP contribution in [0.5, 0.6) is 0 Å². The predicted octanol–water partition coefficient (Wildman–Crippen LogP) is 1.96. The summed E-state index contributed by atoms with van der Waals surface area (Å²) in [5, 5.41) is 3.28. The van der Waals surface area contributed by atoms with Crippen molar-refractivity contribution in [3.63, 3.8) is 0 Å². The summed E-state index contributed by atoms with van der Waals surface area (Å²) >= 11 is 0. The molecule has 2 heteroatoms. The van der Waals surface area contributed by atoms with Crippen molar-refractivity contribution >= 4 is 0 Å². The smallest absolute Gasteiger partial charge is 0.0163 e. The van der Waals surface area contributed by atoms with Gasteiger partial charge < -0.3 is 10.2 Å². The molecular formula is C11H26N2. The van der Waals surface area contributed by atoms with Crippen molar-refractivity contribution in [3.8, 4) is 0 Å². The van der Waals surface area contributed by atoms with Gasteiger partial charge in [0.2, 0.25) is 0 Å². The number of hydrogen-bond donors (Lipinski definition) is 1. The van der Waals surface area contributed by atoms with E-state index in [0.29, 0.717) is 6.04 Å². The van der Waals surface area contributed by atoms with Crippen LogP contribution < -0.4 is 5.32 Å². The van der Waals surface area contributed by atoms with Crippen LogP contribution in [0.4, 0.5) is 0 Å². The molecule has 0 aliphatic carbocycles. The predicted molar refractivity (Wildman–Crippen MR) is 60.1 cm³/mol. The van der Waals surface area contributed by atoms with Crippen LogP contribution in [0.1, 0.15) is 34.1 Å². The molecule has 0 saturated heterocycles. The van der Waals surface area contributed by atoms with Crippen LogP contribution in [0, 0.1) is 5.92 Å². The molecule has 0 saturated carbocycles. The highest BCUT2D eigenvalue weighted by molar-refractivity contribution is 4.67. The SMILES string of the molecule is CCC(C)CN(CC)CC(C)NC. The van der Waals surface area contributed by atoms with E-state index in [1.165, 1.54) is 13.0 Å². The van der Waals surface area contributed by atoms with E-state index >= 15 is 0 Å². The summed E-state index contributed by atoms with van der Waals surface area (Å²) in [4.78, 5) is 2.52. The quantitative estimate of drug-likeness (QED) is 0.654. The third-order valence-corrected chi connectivity index (χ3v) is 2.74. The first-order valence-corrected chi connectivity index (χ1v) is 5.53. The molecule has 0 aromatic heterocycles. The second-order valence-electron chi connectivity index (χ2n) is 4.06. The van der Waals surface area contributed by atoms with Crippen LogP contribution in [0.3, 0.4) is 0 Å². The molecule has 2 nitrogen and oxygen atoms in total. The summed E-state index contributed by atoms with van der Waals surface area (Å²) in [6.45, 7) is 12.6. The third kappa shape index (κ3) is 6.05. The van der Waals surface area contributed by atoms with Gasteiger partial charge in [0.25, 0.3) is 0 Å². The lowest BCUT2D eigenvalue weighted by Crippen LogP contribution is -2.39. The number of hydrogen-bond acceptors (Lipinski definition) is 2. The molecule has 2 unspecified atom stereocenters. The largest absolute Gasteiger partial charge is 0.316 e. The fourth-order valence-electron chi connectivity index (χ4n) is 1.38. The van der Waals surface area contributed by atoms with Crippen LogP contribution in [-0.4, -0.2) is 37.6 Å². The molecule has 0 radical (unpaired) electrons. The van der Waals surface area contributed by atoms with Gasteiger partial charge in [-0.3, -0.25) is 0 Å². The van der Waals surface area contributed by atoms with Crippen molar-refractivity contribution in [1.29, 1.82) is 0 Å². The topological polar surface area (TPSA) is 15.3 Å². The van der Waals surface area contributed by atoms with E-state index < -0.39 is 0 Å². The van der Waals surface area contributed by atoms with Gasteiger partial charge in [-0.15, -0.1) is 0 Å². The molecule has 80 valence electrons. The fourth-order valence-corrected chi connectivity index (χ4v) is 1.38. The van der Waals surface area contributed by atoms with Crippen LogP contribution in [0.15, 0.2) is 0 Å². The summed E-state index contributed by atoms with van der Waals surface area (Å²) < 4.78 is 0. The van der Waals surface area contributed by atoms with Crippen LogP contribution in [0.25, 0.3) is 0 Å². The lowest BCUT2D eigenvalue weighted by Gasteiger charge is -2.26. The van der Waals surface area contributed by atoms with Gasteiger partial charge >= 0.3 is 0 Å². The van der Waals surface area contributed by atoms with E-state index in [2.05, 4.69) is 37.9 Å². The van der Waals surface area contributed by atoms with E-state index in [-0.39, 0.29) is 0 Å². The average molecular weight is 186 g/mol. The number of rotatable bonds is 7. The minimum Gasteiger partial charge on any atom is -0.316 e. The molecule has 0 aromatic rings. The average Bonchev–Trinajstić information content (AvgIpc) is 2.16. The molecule has 0 aliphatic heterocycles. The van der Waals surface area contributed by atoms with E-state index in [4.69, 9.17) is 0 Å². The van der Waals surface area contributed by atoms with Crippen molar-refractivity contribution in [2.75, 3.05) is 26.7 Å². The zero-order valence-corrected chi connectivity index (χ0v) is 9.93. The summed E-state index contributed by atoms with van der Waals surface area (Å²) in [7, 11) is 2.03. The van der Waals surface area contributed by atoms with Crippen molar-refractivity contribution in [2.45, 2.75) is 40.2 Å². The van der Waals surface area contributed by atoms with Gasteiger partial charge in [0.05, 0.1) is 0 Å². The molecule has 0 heterocycles. The van der Waals surface area contributed by atoms with Crippen molar-refractivity contribution in [3.05, 3.63) is 0 Å². The maximum Gasteiger partial charge on any atom is 0.0163 e. The molecule has 0 spiro atoms. The third-order valence-electron chi connectivity index (χ3n) is 2.74. The molecule has 0 aliphatic rings. The van der Waals surface area contributed by atoms with E-state index in [1.54, 1.807) is 0 Å². The Hall–Kier alpha value is -0.0800. The number of likely N-dealkylation sites (N-methyl/N-ethyl adjacent to an activating group) is 2. The normalized spacial score (nSPS) is 16.2. The monoisotopic (exact) mass is 186 g/mol. The Morgan fingerprint density at radius 2 is 1.77 bits per heavy atom. The van der Waals surface area contributed by atoms with Gasteiger partial charge in [-0.2, -0.15) is 0 Å². The highest BCUT2D eigenvalue weighted by Crippen LogP contribution is 2.04. The lowest BCUT2D eigenvalue weighted by atomic mass is 10.1. The number of nitrogens with zero attached hydrogens (tertiary/aromatic N) is 1. The molecule has 2 atom stereocenters. The first-order chi connectivity index (χ1) is 6.13. The van der Waals surface area contributed by atoms with Gasteiger partial charge in [0.15, 0.2) is 0 Å². The Morgan fingerprint density at radius 3 is 2.15 bits per heavy atom. The molecule has 13 heavy (non-hydrogen) atoms. The molecule has 0 aromatic carbocycles. The van der Waals surface area contributed by atoms with Gasteiger partial charge in [0, 0.05) is 19.1 Å². The van der Waals surface area contributed by atoms with E-state index in [1.807, 2.05) is 7.05 Å². The summed E-state index contributed by atoms with van der Waals surface area (Å²) in [5.41, 5.74) is 0. The first-order valence-electron chi connectivity index (χ1n) is 5.53. The standard InChI is InChI=1S/C11H26N2/c1-6-10(3)8-13(7-2)9-11(4)12-5/h10-12H,6-9H2,1-5H3. The highest BCUT2D eigenvalue weighted by atomic mass is 15.1.